The van der Waals surface area contributed by atoms with Crippen LogP contribution in [0.15, 0.2) is 36.8 Å². The van der Waals surface area contributed by atoms with Gasteiger partial charge in [-0.25, -0.2) is 4.98 Å². The van der Waals surface area contributed by atoms with Crippen molar-refractivity contribution in [2.75, 3.05) is 0 Å². The number of hydrogen-bond donors (Lipinski definition) is 1. The summed E-state index contributed by atoms with van der Waals surface area (Å²) in [5.74, 6) is 0.399. The molecule has 0 saturated heterocycles. The van der Waals surface area contributed by atoms with E-state index in [1.807, 2.05) is 12.5 Å². The van der Waals surface area contributed by atoms with Gasteiger partial charge in [0.15, 0.2) is 0 Å². The minimum atomic E-state index is 0.0128. The van der Waals surface area contributed by atoms with E-state index in [2.05, 4.69) is 54.6 Å². The first-order valence-electron chi connectivity index (χ1n) is 5.94. The van der Waals surface area contributed by atoms with Crippen LogP contribution in [-0.2, 0) is 0 Å². The number of imidazole rings is 1. The highest BCUT2D eigenvalue weighted by Gasteiger charge is 2.15. The summed E-state index contributed by atoms with van der Waals surface area (Å²) in [7, 11) is 0. The fraction of sp³-hybridized carbons (Fsp3) is 0.357. The van der Waals surface area contributed by atoms with E-state index in [1.165, 1.54) is 5.56 Å². The Bertz CT molecular complexity index is 482. The molecule has 0 radical (unpaired) electrons. The zero-order valence-electron chi connectivity index (χ0n) is 10.6. The molecule has 2 aromatic rings. The highest BCUT2D eigenvalue weighted by Crippen LogP contribution is 2.21. The van der Waals surface area contributed by atoms with Gasteiger partial charge in [-0.1, -0.05) is 31.5 Å². The maximum Gasteiger partial charge on any atom is 0.0994 e. The fourth-order valence-corrected chi connectivity index (χ4v) is 1.81. The Labute approximate surface area is 102 Å². The van der Waals surface area contributed by atoms with Crippen molar-refractivity contribution in [3.8, 4) is 5.69 Å². The van der Waals surface area contributed by atoms with Crippen molar-refractivity contribution in [1.29, 1.82) is 0 Å². The van der Waals surface area contributed by atoms with Gasteiger partial charge in [-0.2, -0.15) is 0 Å². The molecular weight excluding hydrogens is 210 g/mol. The average Bonchev–Trinajstić information content (AvgIpc) is 2.77. The summed E-state index contributed by atoms with van der Waals surface area (Å²) >= 11 is 0. The molecule has 0 aliphatic rings. The summed E-state index contributed by atoms with van der Waals surface area (Å²) < 4.78 is 2.06. The Hall–Kier alpha value is -1.61. The summed E-state index contributed by atoms with van der Waals surface area (Å²) in [5.41, 5.74) is 9.61. The van der Waals surface area contributed by atoms with E-state index in [4.69, 9.17) is 5.73 Å². The molecule has 0 spiro atoms. The molecule has 90 valence electrons. The van der Waals surface area contributed by atoms with Gasteiger partial charge in [-0.05, 0) is 25.0 Å². The lowest BCUT2D eigenvalue weighted by Crippen LogP contribution is -2.19. The van der Waals surface area contributed by atoms with Crippen LogP contribution < -0.4 is 5.73 Å². The summed E-state index contributed by atoms with van der Waals surface area (Å²) in [4.78, 5) is 4.21. The summed E-state index contributed by atoms with van der Waals surface area (Å²) in [6.45, 7) is 6.33. The van der Waals surface area contributed by atoms with E-state index in [0.717, 1.165) is 11.4 Å². The molecule has 3 heteroatoms. The maximum atomic E-state index is 6.19. The van der Waals surface area contributed by atoms with Crippen LogP contribution in [0.25, 0.3) is 5.69 Å². The standard InChI is InChI=1S/C14H19N3/c1-10(2)14(15)13-8-16-9-17(13)12-6-4-11(3)5-7-12/h4-10,14H,15H2,1-3H3. The van der Waals surface area contributed by atoms with Crippen molar-refractivity contribution < 1.29 is 0 Å². The first-order valence-corrected chi connectivity index (χ1v) is 5.94. The molecular formula is C14H19N3. The largest absolute Gasteiger partial charge is 0.322 e. The second-order valence-electron chi connectivity index (χ2n) is 4.79. The van der Waals surface area contributed by atoms with E-state index < -0.39 is 0 Å². The molecule has 3 nitrogen and oxygen atoms in total. The zero-order chi connectivity index (χ0) is 12.4. The Morgan fingerprint density at radius 3 is 2.41 bits per heavy atom. The molecule has 0 aliphatic heterocycles. The van der Waals surface area contributed by atoms with E-state index >= 15 is 0 Å². The Kier molecular flexibility index (Phi) is 3.29. The topological polar surface area (TPSA) is 43.8 Å². The highest BCUT2D eigenvalue weighted by atomic mass is 15.1. The van der Waals surface area contributed by atoms with Gasteiger partial charge in [0.1, 0.15) is 0 Å². The average molecular weight is 229 g/mol. The summed E-state index contributed by atoms with van der Waals surface area (Å²) in [5, 5.41) is 0. The van der Waals surface area contributed by atoms with Crippen LogP contribution in [0.1, 0.15) is 31.1 Å². The fourth-order valence-electron chi connectivity index (χ4n) is 1.81. The van der Waals surface area contributed by atoms with Gasteiger partial charge in [-0.3, -0.25) is 0 Å². The van der Waals surface area contributed by atoms with Crippen LogP contribution in [0.5, 0.6) is 0 Å². The van der Waals surface area contributed by atoms with Crippen LogP contribution in [0.2, 0.25) is 0 Å². The lowest BCUT2D eigenvalue weighted by atomic mass is 10.0. The van der Waals surface area contributed by atoms with E-state index in [9.17, 15) is 0 Å². The molecule has 0 aliphatic carbocycles. The first-order chi connectivity index (χ1) is 8.09. The van der Waals surface area contributed by atoms with Crippen molar-refractivity contribution in [1.82, 2.24) is 9.55 Å². The van der Waals surface area contributed by atoms with Crippen molar-refractivity contribution in [3.63, 3.8) is 0 Å². The van der Waals surface area contributed by atoms with Gasteiger partial charge in [0.05, 0.1) is 18.2 Å². The highest BCUT2D eigenvalue weighted by molar-refractivity contribution is 5.36. The third kappa shape index (κ3) is 2.39. The quantitative estimate of drug-likeness (QED) is 0.879. The Balaban J connectivity index is 2.40. The first kappa shape index (κ1) is 11.9. The predicted octanol–water partition coefficient (Wildman–Crippen LogP) is 2.84. The molecule has 1 aromatic carbocycles. The summed E-state index contributed by atoms with van der Waals surface area (Å²) in [6, 6.07) is 8.39. The Morgan fingerprint density at radius 2 is 1.82 bits per heavy atom. The van der Waals surface area contributed by atoms with Crippen molar-refractivity contribution in [3.05, 3.63) is 48.0 Å². The van der Waals surface area contributed by atoms with Crippen molar-refractivity contribution in [2.24, 2.45) is 11.7 Å². The third-order valence-corrected chi connectivity index (χ3v) is 3.04. The molecule has 1 unspecified atom stereocenters. The van der Waals surface area contributed by atoms with Crippen LogP contribution in [0.3, 0.4) is 0 Å². The van der Waals surface area contributed by atoms with E-state index in [-0.39, 0.29) is 6.04 Å². The number of hydrogen-bond acceptors (Lipinski definition) is 2. The van der Waals surface area contributed by atoms with Gasteiger partial charge in [-0.15, -0.1) is 0 Å². The van der Waals surface area contributed by atoms with Crippen molar-refractivity contribution >= 4 is 0 Å². The SMILES string of the molecule is Cc1ccc(-n2cncc2C(N)C(C)C)cc1. The molecule has 0 bridgehead atoms. The molecule has 0 amide bonds. The molecule has 2 N–H and O–H groups in total. The normalized spacial score (nSPS) is 13.0. The lowest BCUT2D eigenvalue weighted by molar-refractivity contribution is 0.497. The van der Waals surface area contributed by atoms with Gasteiger partial charge >= 0.3 is 0 Å². The second-order valence-corrected chi connectivity index (χ2v) is 4.79. The van der Waals surface area contributed by atoms with Crippen LogP contribution in [-0.4, -0.2) is 9.55 Å². The maximum absolute atomic E-state index is 6.19. The van der Waals surface area contributed by atoms with Gasteiger partial charge in [0.2, 0.25) is 0 Å². The molecule has 17 heavy (non-hydrogen) atoms. The lowest BCUT2D eigenvalue weighted by Gasteiger charge is -2.17. The molecule has 1 heterocycles. The molecule has 2 rings (SSSR count). The Morgan fingerprint density at radius 1 is 1.18 bits per heavy atom. The number of aromatic nitrogens is 2. The van der Waals surface area contributed by atoms with E-state index in [0.29, 0.717) is 5.92 Å². The van der Waals surface area contributed by atoms with Gasteiger partial charge in [0.25, 0.3) is 0 Å². The van der Waals surface area contributed by atoms with Gasteiger partial charge in [0, 0.05) is 11.7 Å². The zero-order valence-corrected chi connectivity index (χ0v) is 10.6. The van der Waals surface area contributed by atoms with Crippen molar-refractivity contribution in [2.45, 2.75) is 26.8 Å². The monoisotopic (exact) mass is 229 g/mol. The van der Waals surface area contributed by atoms with Crippen LogP contribution >= 0.6 is 0 Å². The smallest absolute Gasteiger partial charge is 0.0994 e. The molecule has 1 atom stereocenters. The number of rotatable bonds is 3. The number of aryl methyl sites for hydroxylation is 1. The second kappa shape index (κ2) is 4.72. The summed E-state index contributed by atoms with van der Waals surface area (Å²) in [6.07, 6.45) is 3.67. The number of benzene rings is 1. The van der Waals surface area contributed by atoms with E-state index in [1.54, 1.807) is 0 Å². The third-order valence-electron chi connectivity index (χ3n) is 3.04. The molecule has 0 fully saturated rings. The predicted molar refractivity (Wildman–Crippen MR) is 70.1 cm³/mol. The number of nitrogens with two attached hydrogens (primary N) is 1. The minimum Gasteiger partial charge on any atom is -0.322 e. The molecule has 1 aromatic heterocycles. The van der Waals surface area contributed by atoms with Crippen LogP contribution in [0, 0.1) is 12.8 Å². The molecule has 0 saturated carbocycles. The van der Waals surface area contributed by atoms with Gasteiger partial charge < -0.3 is 10.3 Å². The minimum absolute atomic E-state index is 0.0128. The number of nitrogens with zero attached hydrogens (tertiary/aromatic N) is 2. The van der Waals surface area contributed by atoms with Crippen LogP contribution in [0.4, 0.5) is 0 Å².